The van der Waals surface area contributed by atoms with Gasteiger partial charge in [0.05, 0.1) is 6.54 Å². The van der Waals surface area contributed by atoms with Crippen LogP contribution >= 0.6 is 24.8 Å². The second-order valence-electron chi connectivity index (χ2n) is 5.30. The first-order valence-electron chi connectivity index (χ1n) is 7.25. The van der Waals surface area contributed by atoms with Crippen molar-refractivity contribution in [3.05, 3.63) is 29.8 Å². The van der Waals surface area contributed by atoms with Gasteiger partial charge >= 0.3 is 6.61 Å². The molecule has 1 aliphatic heterocycles. The molecule has 24 heavy (non-hydrogen) atoms. The Labute approximate surface area is 153 Å². The number of nitrogens with zero attached hydrogens (tertiary/aromatic N) is 2. The Morgan fingerprint density at radius 3 is 2.38 bits per heavy atom. The second kappa shape index (κ2) is 11.4. The summed E-state index contributed by atoms with van der Waals surface area (Å²) in [4.78, 5) is 15.9. The molecule has 0 saturated carbocycles. The van der Waals surface area contributed by atoms with E-state index in [1.54, 1.807) is 24.1 Å². The molecule has 0 unspecified atom stereocenters. The van der Waals surface area contributed by atoms with Crippen LogP contribution in [0.15, 0.2) is 24.3 Å². The van der Waals surface area contributed by atoms with Crippen LogP contribution in [0.5, 0.6) is 5.75 Å². The SMILES string of the molecule is CN(Cc1ccc(OC(F)F)cc1)C(=O)CN1CCNCC1.Cl.Cl. The minimum atomic E-state index is -2.82. The molecule has 1 N–H and O–H groups in total. The Kier molecular flexibility index (Phi) is 10.9. The van der Waals surface area contributed by atoms with Gasteiger partial charge in [-0.05, 0) is 17.7 Å². The summed E-state index contributed by atoms with van der Waals surface area (Å²) in [7, 11) is 1.74. The molecule has 1 aromatic rings. The summed E-state index contributed by atoms with van der Waals surface area (Å²) in [5.74, 6) is 0.170. The maximum atomic E-state index is 12.2. The summed E-state index contributed by atoms with van der Waals surface area (Å²) in [5.41, 5.74) is 0.873. The number of carbonyl (C=O) groups is 1. The summed E-state index contributed by atoms with van der Waals surface area (Å²) in [5, 5.41) is 3.24. The van der Waals surface area contributed by atoms with Gasteiger partial charge in [0.25, 0.3) is 0 Å². The first-order chi connectivity index (χ1) is 10.5. The highest BCUT2D eigenvalue weighted by molar-refractivity contribution is 5.85. The largest absolute Gasteiger partial charge is 0.435 e. The molecule has 0 bridgehead atoms. The van der Waals surface area contributed by atoms with Gasteiger partial charge in [0, 0.05) is 39.8 Å². The molecule has 0 atom stereocenters. The highest BCUT2D eigenvalue weighted by Crippen LogP contribution is 2.15. The van der Waals surface area contributed by atoms with E-state index in [0.717, 1.165) is 31.7 Å². The molecular formula is C15H23Cl2F2N3O2. The summed E-state index contributed by atoms with van der Waals surface area (Å²) in [6, 6.07) is 6.34. The van der Waals surface area contributed by atoms with E-state index in [-0.39, 0.29) is 36.5 Å². The van der Waals surface area contributed by atoms with Crippen molar-refractivity contribution in [3.63, 3.8) is 0 Å². The number of benzene rings is 1. The quantitative estimate of drug-likeness (QED) is 0.813. The molecule has 1 aliphatic rings. The van der Waals surface area contributed by atoms with Crippen molar-refractivity contribution < 1.29 is 18.3 Å². The summed E-state index contributed by atoms with van der Waals surface area (Å²) in [6.45, 7) is 1.59. The van der Waals surface area contributed by atoms with Gasteiger partial charge in [-0.1, -0.05) is 12.1 Å². The molecule has 1 fully saturated rings. The lowest BCUT2D eigenvalue weighted by atomic mass is 10.2. The van der Waals surface area contributed by atoms with Crippen LogP contribution in [0.2, 0.25) is 0 Å². The minimum absolute atomic E-state index is 0. The third-order valence-electron chi connectivity index (χ3n) is 3.56. The van der Waals surface area contributed by atoms with Crippen molar-refractivity contribution in [2.24, 2.45) is 0 Å². The van der Waals surface area contributed by atoms with E-state index in [9.17, 15) is 13.6 Å². The predicted octanol–water partition coefficient (Wildman–Crippen LogP) is 2.00. The molecule has 1 amide bonds. The van der Waals surface area contributed by atoms with Crippen molar-refractivity contribution in [1.82, 2.24) is 15.1 Å². The average molecular weight is 386 g/mol. The number of nitrogens with one attached hydrogen (secondary N) is 1. The van der Waals surface area contributed by atoms with Gasteiger partial charge < -0.3 is 15.0 Å². The van der Waals surface area contributed by atoms with Gasteiger partial charge in [-0.2, -0.15) is 8.78 Å². The van der Waals surface area contributed by atoms with E-state index in [4.69, 9.17) is 0 Å². The van der Waals surface area contributed by atoms with Crippen LogP contribution in [-0.2, 0) is 11.3 Å². The van der Waals surface area contributed by atoms with Gasteiger partial charge in [0.1, 0.15) is 5.75 Å². The maximum absolute atomic E-state index is 12.2. The summed E-state index contributed by atoms with van der Waals surface area (Å²) < 4.78 is 28.4. The zero-order chi connectivity index (χ0) is 15.9. The maximum Gasteiger partial charge on any atom is 0.387 e. The first-order valence-corrected chi connectivity index (χ1v) is 7.25. The van der Waals surface area contributed by atoms with Gasteiger partial charge in [0.2, 0.25) is 5.91 Å². The van der Waals surface area contributed by atoms with Gasteiger partial charge in [-0.15, -0.1) is 24.8 Å². The minimum Gasteiger partial charge on any atom is -0.435 e. The van der Waals surface area contributed by atoms with Crippen LogP contribution in [0.25, 0.3) is 0 Å². The van der Waals surface area contributed by atoms with E-state index >= 15 is 0 Å². The van der Waals surface area contributed by atoms with Crippen LogP contribution in [0.4, 0.5) is 8.78 Å². The molecule has 1 aromatic carbocycles. The number of hydrogen-bond donors (Lipinski definition) is 1. The molecule has 2 rings (SSSR count). The molecule has 1 saturated heterocycles. The fourth-order valence-corrected chi connectivity index (χ4v) is 2.32. The molecular weight excluding hydrogens is 363 g/mol. The Bertz CT molecular complexity index is 486. The van der Waals surface area contributed by atoms with Gasteiger partial charge in [-0.25, -0.2) is 0 Å². The number of halogens is 4. The van der Waals surface area contributed by atoms with Crippen LogP contribution < -0.4 is 10.1 Å². The number of rotatable bonds is 6. The Morgan fingerprint density at radius 1 is 1.25 bits per heavy atom. The molecule has 5 nitrogen and oxygen atoms in total. The van der Waals surface area contributed by atoms with Gasteiger partial charge in [-0.3, -0.25) is 9.69 Å². The van der Waals surface area contributed by atoms with Crippen molar-refractivity contribution in [3.8, 4) is 5.75 Å². The Morgan fingerprint density at radius 2 is 1.83 bits per heavy atom. The van der Waals surface area contributed by atoms with E-state index in [1.807, 2.05) is 0 Å². The molecule has 0 radical (unpaired) electrons. The number of likely N-dealkylation sites (N-methyl/N-ethyl adjacent to an activating group) is 1. The lowest BCUT2D eigenvalue weighted by Crippen LogP contribution is -2.47. The molecule has 1 heterocycles. The molecule has 0 aliphatic carbocycles. The lowest BCUT2D eigenvalue weighted by Gasteiger charge is -2.28. The van der Waals surface area contributed by atoms with Crippen molar-refractivity contribution in [2.75, 3.05) is 39.8 Å². The van der Waals surface area contributed by atoms with E-state index < -0.39 is 6.61 Å². The smallest absolute Gasteiger partial charge is 0.387 e. The number of amides is 1. The van der Waals surface area contributed by atoms with Crippen LogP contribution in [0.1, 0.15) is 5.56 Å². The standard InChI is InChI=1S/C15H21F2N3O2.2ClH/c1-19(14(21)11-20-8-6-18-7-9-20)10-12-2-4-13(5-3-12)22-15(16)17;;/h2-5,15,18H,6-11H2,1H3;2*1H. The fraction of sp³-hybridized carbons (Fsp3) is 0.533. The van der Waals surface area contributed by atoms with Crippen LogP contribution in [0, 0.1) is 0 Å². The topological polar surface area (TPSA) is 44.8 Å². The number of piperazine rings is 1. The Balaban J connectivity index is 0.00000264. The predicted molar refractivity (Wildman–Crippen MR) is 93.4 cm³/mol. The molecule has 0 spiro atoms. The molecule has 138 valence electrons. The molecule has 9 heteroatoms. The van der Waals surface area contributed by atoms with Crippen molar-refractivity contribution in [1.29, 1.82) is 0 Å². The number of ether oxygens (including phenoxy) is 1. The van der Waals surface area contributed by atoms with Gasteiger partial charge in [0.15, 0.2) is 0 Å². The number of carbonyl (C=O) groups excluding carboxylic acids is 1. The fourth-order valence-electron chi connectivity index (χ4n) is 2.32. The first kappa shape index (κ1) is 22.9. The van der Waals surface area contributed by atoms with Crippen molar-refractivity contribution >= 4 is 30.7 Å². The zero-order valence-electron chi connectivity index (χ0n) is 13.4. The number of hydrogen-bond acceptors (Lipinski definition) is 4. The average Bonchev–Trinajstić information content (AvgIpc) is 2.49. The number of alkyl halides is 2. The van der Waals surface area contributed by atoms with Crippen molar-refractivity contribution in [2.45, 2.75) is 13.2 Å². The van der Waals surface area contributed by atoms with E-state index in [2.05, 4.69) is 15.0 Å². The Hall–Kier alpha value is -1.15. The zero-order valence-corrected chi connectivity index (χ0v) is 15.0. The molecule has 0 aromatic heterocycles. The summed E-state index contributed by atoms with van der Waals surface area (Å²) in [6.07, 6.45) is 0. The van der Waals surface area contributed by atoms with E-state index in [1.165, 1.54) is 12.1 Å². The monoisotopic (exact) mass is 385 g/mol. The summed E-state index contributed by atoms with van der Waals surface area (Å²) >= 11 is 0. The van der Waals surface area contributed by atoms with E-state index in [0.29, 0.717) is 13.1 Å². The lowest BCUT2D eigenvalue weighted by molar-refractivity contribution is -0.131. The highest BCUT2D eigenvalue weighted by atomic mass is 35.5. The third-order valence-corrected chi connectivity index (χ3v) is 3.56. The highest BCUT2D eigenvalue weighted by Gasteiger charge is 2.16. The normalized spacial score (nSPS) is 14.5. The van der Waals surface area contributed by atoms with Crippen LogP contribution in [0.3, 0.4) is 0 Å². The third kappa shape index (κ3) is 7.61. The second-order valence-corrected chi connectivity index (χ2v) is 5.30. The van der Waals surface area contributed by atoms with Crippen LogP contribution in [-0.4, -0.2) is 62.1 Å².